The zero-order chi connectivity index (χ0) is 13.7. The molecule has 1 aromatic rings. The first-order valence-corrected chi connectivity index (χ1v) is 6.14. The Labute approximate surface area is 113 Å². The summed E-state index contributed by atoms with van der Waals surface area (Å²) < 4.78 is 14.0. The van der Waals surface area contributed by atoms with Crippen LogP contribution in [0.4, 0.5) is 4.39 Å². The van der Waals surface area contributed by atoms with Crippen molar-refractivity contribution in [2.45, 2.75) is 6.42 Å². The molecule has 0 aliphatic heterocycles. The predicted molar refractivity (Wildman–Crippen MR) is 69.7 cm³/mol. The van der Waals surface area contributed by atoms with Crippen molar-refractivity contribution >= 4 is 27.7 Å². The highest BCUT2D eigenvalue weighted by Crippen LogP contribution is 2.15. The van der Waals surface area contributed by atoms with Crippen LogP contribution in [0.1, 0.15) is 16.8 Å². The van der Waals surface area contributed by atoms with Gasteiger partial charge in [0, 0.05) is 31.5 Å². The van der Waals surface area contributed by atoms with Gasteiger partial charge in [-0.1, -0.05) is 15.9 Å². The number of hydrogen-bond donors (Lipinski definition) is 1. The highest BCUT2D eigenvalue weighted by atomic mass is 79.9. The minimum absolute atomic E-state index is 0.0401. The van der Waals surface area contributed by atoms with Crippen LogP contribution >= 0.6 is 15.9 Å². The van der Waals surface area contributed by atoms with Crippen molar-refractivity contribution in [3.63, 3.8) is 0 Å². The van der Waals surface area contributed by atoms with Gasteiger partial charge in [-0.05, 0) is 18.2 Å². The van der Waals surface area contributed by atoms with Gasteiger partial charge in [0.05, 0.1) is 5.56 Å². The van der Waals surface area contributed by atoms with Gasteiger partial charge in [0.2, 0.25) is 5.91 Å². The Bertz CT molecular complexity index is 463. The van der Waals surface area contributed by atoms with Crippen molar-refractivity contribution in [3.05, 3.63) is 34.1 Å². The van der Waals surface area contributed by atoms with Crippen molar-refractivity contribution in [1.82, 2.24) is 10.2 Å². The van der Waals surface area contributed by atoms with Gasteiger partial charge >= 0.3 is 0 Å². The average Bonchev–Trinajstić information content (AvgIpc) is 2.31. The molecule has 0 saturated carbocycles. The van der Waals surface area contributed by atoms with Crippen LogP contribution < -0.4 is 5.32 Å². The van der Waals surface area contributed by atoms with Crippen LogP contribution in [-0.2, 0) is 4.79 Å². The maximum atomic E-state index is 13.4. The smallest absolute Gasteiger partial charge is 0.254 e. The minimum Gasteiger partial charge on any atom is -0.351 e. The molecular formula is C12H14BrFN2O2. The van der Waals surface area contributed by atoms with E-state index in [2.05, 4.69) is 21.2 Å². The molecule has 0 fully saturated rings. The van der Waals surface area contributed by atoms with Crippen LogP contribution in [0, 0.1) is 5.82 Å². The maximum Gasteiger partial charge on any atom is 0.254 e. The monoisotopic (exact) mass is 316 g/mol. The van der Waals surface area contributed by atoms with Crippen LogP contribution in [0.15, 0.2) is 22.7 Å². The quantitative estimate of drug-likeness (QED) is 0.920. The Morgan fingerprint density at radius 3 is 2.67 bits per heavy atom. The number of halogens is 2. The van der Waals surface area contributed by atoms with Gasteiger partial charge < -0.3 is 10.2 Å². The van der Waals surface area contributed by atoms with Crippen molar-refractivity contribution in [3.8, 4) is 0 Å². The number of carbonyl (C=O) groups excluding carboxylic acids is 2. The molecule has 18 heavy (non-hydrogen) atoms. The van der Waals surface area contributed by atoms with E-state index in [0.717, 1.165) is 0 Å². The van der Waals surface area contributed by atoms with Crippen LogP contribution in [0.25, 0.3) is 0 Å². The third-order valence-corrected chi connectivity index (χ3v) is 2.79. The van der Waals surface area contributed by atoms with Gasteiger partial charge in [-0.2, -0.15) is 0 Å². The molecular weight excluding hydrogens is 303 g/mol. The molecule has 0 unspecified atom stereocenters. The molecule has 0 saturated heterocycles. The molecule has 0 aliphatic carbocycles. The van der Waals surface area contributed by atoms with E-state index < -0.39 is 11.7 Å². The number of hydrogen-bond acceptors (Lipinski definition) is 2. The predicted octanol–water partition coefficient (Wildman–Crippen LogP) is 1.80. The minimum atomic E-state index is -0.588. The Kier molecular flexibility index (Phi) is 5.27. The van der Waals surface area contributed by atoms with Gasteiger partial charge in [0.15, 0.2) is 0 Å². The second-order valence-electron chi connectivity index (χ2n) is 3.92. The lowest BCUT2D eigenvalue weighted by Gasteiger charge is -2.10. The molecule has 0 spiro atoms. The van der Waals surface area contributed by atoms with Gasteiger partial charge in [0.1, 0.15) is 5.82 Å². The van der Waals surface area contributed by atoms with E-state index >= 15 is 0 Å². The van der Waals surface area contributed by atoms with E-state index in [1.165, 1.54) is 23.1 Å². The highest BCUT2D eigenvalue weighted by molar-refractivity contribution is 9.10. The maximum absolute atomic E-state index is 13.4. The molecule has 98 valence electrons. The summed E-state index contributed by atoms with van der Waals surface area (Å²) >= 11 is 3.17. The molecule has 1 N–H and O–H groups in total. The second kappa shape index (κ2) is 6.49. The van der Waals surface area contributed by atoms with E-state index in [9.17, 15) is 14.0 Å². The summed E-state index contributed by atoms with van der Waals surface area (Å²) in [6.07, 6.45) is 0.189. The normalized spacial score (nSPS) is 10.0. The summed E-state index contributed by atoms with van der Waals surface area (Å²) in [6.45, 7) is 0.182. The van der Waals surface area contributed by atoms with Gasteiger partial charge in [0.25, 0.3) is 5.91 Å². The molecule has 0 bridgehead atoms. The van der Waals surface area contributed by atoms with Crippen LogP contribution in [0.5, 0.6) is 0 Å². The fraction of sp³-hybridized carbons (Fsp3) is 0.333. The van der Waals surface area contributed by atoms with Crippen molar-refractivity contribution in [2.24, 2.45) is 0 Å². The summed E-state index contributed by atoms with van der Waals surface area (Å²) in [5, 5.41) is 2.51. The molecule has 0 radical (unpaired) electrons. The molecule has 2 amide bonds. The molecule has 1 aromatic carbocycles. The van der Waals surface area contributed by atoms with Crippen molar-refractivity contribution in [2.75, 3.05) is 20.6 Å². The topological polar surface area (TPSA) is 49.4 Å². The Morgan fingerprint density at radius 1 is 1.39 bits per heavy atom. The molecule has 0 aliphatic rings. The third-order valence-electron chi connectivity index (χ3n) is 2.30. The Hall–Kier alpha value is -1.43. The molecule has 1 rings (SSSR count). The number of nitrogens with one attached hydrogen (secondary N) is 1. The SMILES string of the molecule is CN(C)C(=O)CCNC(=O)c1cc(Br)ccc1F. The zero-order valence-electron chi connectivity index (χ0n) is 10.2. The highest BCUT2D eigenvalue weighted by Gasteiger charge is 2.12. The van der Waals surface area contributed by atoms with Crippen LogP contribution in [0.3, 0.4) is 0 Å². The molecule has 6 heteroatoms. The average molecular weight is 317 g/mol. The molecule has 0 aromatic heterocycles. The summed E-state index contributed by atoms with van der Waals surface area (Å²) in [4.78, 5) is 24.4. The summed E-state index contributed by atoms with van der Waals surface area (Å²) in [5.41, 5.74) is -0.0401. The lowest BCUT2D eigenvalue weighted by Crippen LogP contribution is -2.30. The number of benzene rings is 1. The number of amides is 2. The zero-order valence-corrected chi connectivity index (χ0v) is 11.8. The second-order valence-corrected chi connectivity index (χ2v) is 4.83. The molecule has 0 heterocycles. The van der Waals surface area contributed by atoms with E-state index in [1.54, 1.807) is 14.1 Å². The van der Waals surface area contributed by atoms with Crippen LogP contribution in [0.2, 0.25) is 0 Å². The van der Waals surface area contributed by atoms with E-state index in [-0.39, 0.29) is 24.4 Å². The van der Waals surface area contributed by atoms with Gasteiger partial charge in [-0.15, -0.1) is 0 Å². The first kappa shape index (κ1) is 14.6. The van der Waals surface area contributed by atoms with Crippen molar-refractivity contribution < 1.29 is 14.0 Å². The van der Waals surface area contributed by atoms with Crippen molar-refractivity contribution in [1.29, 1.82) is 0 Å². The largest absolute Gasteiger partial charge is 0.351 e. The van der Waals surface area contributed by atoms with Crippen LogP contribution in [-0.4, -0.2) is 37.4 Å². The number of rotatable bonds is 4. The van der Waals surface area contributed by atoms with Gasteiger partial charge in [-0.3, -0.25) is 9.59 Å². The van der Waals surface area contributed by atoms with Gasteiger partial charge in [-0.25, -0.2) is 4.39 Å². The standard InChI is InChI=1S/C12H14BrFN2O2/c1-16(2)11(17)5-6-15-12(18)9-7-8(13)3-4-10(9)14/h3-4,7H,5-6H2,1-2H3,(H,15,18). The van der Waals surface area contributed by atoms with E-state index in [1.807, 2.05) is 0 Å². The Morgan fingerprint density at radius 2 is 2.06 bits per heavy atom. The summed E-state index contributed by atoms with van der Waals surface area (Å²) in [6, 6.07) is 4.13. The van der Waals surface area contributed by atoms with E-state index in [4.69, 9.17) is 0 Å². The first-order valence-electron chi connectivity index (χ1n) is 5.35. The number of carbonyl (C=O) groups is 2. The first-order chi connectivity index (χ1) is 8.41. The molecule has 4 nitrogen and oxygen atoms in total. The fourth-order valence-corrected chi connectivity index (χ4v) is 1.63. The Balaban J connectivity index is 2.56. The molecule has 0 atom stereocenters. The lowest BCUT2D eigenvalue weighted by molar-refractivity contribution is -0.128. The summed E-state index contributed by atoms with van der Waals surface area (Å²) in [7, 11) is 3.27. The third kappa shape index (κ3) is 4.10. The lowest BCUT2D eigenvalue weighted by atomic mass is 10.2. The number of nitrogens with zero attached hydrogens (tertiary/aromatic N) is 1. The summed E-state index contributed by atoms with van der Waals surface area (Å²) in [5.74, 6) is -1.21. The van der Waals surface area contributed by atoms with E-state index in [0.29, 0.717) is 4.47 Å². The fourth-order valence-electron chi connectivity index (χ4n) is 1.27.